The monoisotopic (exact) mass is 211 g/mol. The fraction of sp³-hybridized carbons (Fsp3) is 0.300. The number of hydrogen-bond acceptors (Lipinski definition) is 3. The van der Waals surface area contributed by atoms with E-state index in [-0.39, 0.29) is 6.79 Å². The van der Waals surface area contributed by atoms with Crippen LogP contribution in [0.2, 0.25) is 5.02 Å². The van der Waals surface area contributed by atoms with Crippen LogP contribution in [-0.2, 0) is 11.2 Å². The quantitative estimate of drug-likeness (QED) is 0.719. The van der Waals surface area contributed by atoms with Crippen molar-refractivity contribution in [3.05, 3.63) is 28.8 Å². The molecule has 0 saturated heterocycles. The van der Waals surface area contributed by atoms with Crippen LogP contribution >= 0.6 is 11.6 Å². The molecule has 4 heteroatoms. The molecular formula is C10H10ClNO2. The van der Waals surface area contributed by atoms with Gasteiger partial charge in [-0.15, -0.1) is 0 Å². The van der Waals surface area contributed by atoms with Crippen LogP contribution in [0, 0.1) is 11.3 Å². The Hall–Kier alpha value is -1.24. The number of nitriles is 1. The van der Waals surface area contributed by atoms with Crippen molar-refractivity contribution < 1.29 is 9.47 Å². The molecule has 1 aromatic rings. The summed E-state index contributed by atoms with van der Waals surface area (Å²) >= 11 is 5.91. The summed E-state index contributed by atoms with van der Waals surface area (Å²) in [6.07, 6.45) is 0.351. The maximum atomic E-state index is 8.48. The first-order chi connectivity index (χ1) is 6.77. The van der Waals surface area contributed by atoms with Crippen LogP contribution in [0.25, 0.3) is 0 Å². The zero-order chi connectivity index (χ0) is 10.4. The lowest BCUT2D eigenvalue weighted by molar-refractivity contribution is 0.0512. The maximum absolute atomic E-state index is 8.48. The van der Waals surface area contributed by atoms with Crippen molar-refractivity contribution in [1.29, 1.82) is 5.26 Å². The van der Waals surface area contributed by atoms with Gasteiger partial charge in [0.25, 0.3) is 0 Å². The van der Waals surface area contributed by atoms with Gasteiger partial charge in [0.15, 0.2) is 6.79 Å². The summed E-state index contributed by atoms with van der Waals surface area (Å²) in [5.41, 5.74) is 0.877. The third-order valence-electron chi connectivity index (χ3n) is 1.61. The summed E-state index contributed by atoms with van der Waals surface area (Å²) in [5.74, 6) is 0.565. The fourth-order valence-electron chi connectivity index (χ4n) is 0.985. The van der Waals surface area contributed by atoms with Crippen molar-refractivity contribution in [3.63, 3.8) is 0 Å². The molecule has 3 nitrogen and oxygen atoms in total. The Bertz CT molecular complexity index is 346. The lowest BCUT2D eigenvalue weighted by atomic mass is 10.2. The largest absolute Gasteiger partial charge is 0.466 e. The Morgan fingerprint density at radius 1 is 1.50 bits per heavy atom. The molecule has 74 valence electrons. The van der Waals surface area contributed by atoms with E-state index in [0.717, 1.165) is 5.56 Å². The van der Waals surface area contributed by atoms with Gasteiger partial charge < -0.3 is 9.47 Å². The highest BCUT2D eigenvalue weighted by Gasteiger charge is 2.02. The van der Waals surface area contributed by atoms with Gasteiger partial charge >= 0.3 is 0 Å². The first-order valence-electron chi connectivity index (χ1n) is 4.05. The van der Waals surface area contributed by atoms with E-state index in [1.165, 1.54) is 7.11 Å². The molecule has 0 saturated carbocycles. The van der Waals surface area contributed by atoms with Crippen molar-refractivity contribution in [2.45, 2.75) is 6.42 Å². The van der Waals surface area contributed by atoms with Gasteiger partial charge in [0.05, 0.1) is 17.5 Å². The number of halogens is 1. The molecule has 0 aliphatic carbocycles. The van der Waals surface area contributed by atoms with Gasteiger partial charge in [-0.3, -0.25) is 0 Å². The molecule has 1 aromatic carbocycles. The van der Waals surface area contributed by atoms with Gasteiger partial charge in [-0.2, -0.15) is 5.26 Å². The van der Waals surface area contributed by atoms with Gasteiger partial charge in [-0.05, 0) is 17.7 Å². The van der Waals surface area contributed by atoms with Crippen LogP contribution in [0.5, 0.6) is 5.75 Å². The Morgan fingerprint density at radius 3 is 2.86 bits per heavy atom. The Morgan fingerprint density at radius 2 is 2.29 bits per heavy atom. The number of methoxy groups -OCH3 is 1. The second-order valence-electron chi connectivity index (χ2n) is 2.65. The minimum atomic E-state index is 0.164. The SMILES string of the molecule is COCOc1ccc(CC#N)cc1Cl. The van der Waals surface area contributed by atoms with Gasteiger partial charge in [-0.1, -0.05) is 17.7 Å². The van der Waals surface area contributed by atoms with Crippen LogP contribution < -0.4 is 4.74 Å². The second kappa shape index (κ2) is 5.48. The lowest BCUT2D eigenvalue weighted by Gasteiger charge is -2.06. The topological polar surface area (TPSA) is 42.2 Å². The molecule has 0 radical (unpaired) electrons. The number of ether oxygens (including phenoxy) is 2. The first-order valence-corrected chi connectivity index (χ1v) is 4.43. The molecule has 0 spiro atoms. The number of nitrogens with zero attached hydrogens (tertiary/aromatic N) is 1. The van der Waals surface area contributed by atoms with Gasteiger partial charge in [0, 0.05) is 7.11 Å². The zero-order valence-electron chi connectivity index (χ0n) is 7.79. The van der Waals surface area contributed by atoms with E-state index in [4.69, 9.17) is 26.3 Å². The van der Waals surface area contributed by atoms with Gasteiger partial charge in [-0.25, -0.2) is 0 Å². The van der Waals surface area contributed by atoms with Crippen LogP contribution in [-0.4, -0.2) is 13.9 Å². The normalized spacial score (nSPS) is 9.50. The summed E-state index contributed by atoms with van der Waals surface area (Å²) < 4.78 is 9.93. The Balaban J connectivity index is 2.75. The second-order valence-corrected chi connectivity index (χ2v) is 3.06. The van der Waals surface area contributed by atoms with Crippen molar-refractivity contribution in [3.8, 4) is 11.8 Å². The average molecular weight is 212 g/mol. The highest BCUT2D eigenvalue weighted by molar-refractivity contribution is 6.32. The van der Waals surface area contributed by atoms with E-state index in [2.05, 4.69) is 0 Å². The van der Waals surface area contributed by atoms with Crippen molar-refractivity contribution in [1.82, 2.24) is 0 Å². The molecule has 0 N–H and O–H groups in total. The summed E-state index contributed by atoms with van der Waals surface area (Å²) in [7, 11) is 1.54. The zero-order valence-corrected chi connectivity index (χ0v) is 8.54. The molecule has 0 fully saturated rings. The van der Waals surface area contributed by atoms with Crippen molar-refractivity contribution in [2.75, 3.05) is 13.9 Å². The molecule has 0 amide bonds. The summed E-state index contributed by atoms with van der Waals surface area (Å²) in [5, 5.41) is 8.97. The van der Waals surface area contributed by atoms with E-state index >= 15 is 0 Å². The third kappa shape index (κ3) is 2.91. The summed E-state index contributed by atoms with van der Waals surface area (Å²) in [6, 6.07) is 7.30. The number of rotatable bonds is 4. The summed E-state index contributed by atoms with van der Waals surface area (Å²) in [4.78, 5) is 0. The van der Waals surface area contributed by atoms with Crippen LogP contribution in [0.1, 0.15) is 5.56 Å². The minimum Gasteiger partial charge on any atom is -0.466 e. The molecular weight excluding hydrogens is 202 g/mol. The molecule has 0 aliphatic rings. The number of hydrogen-bond donors (Lipinski definition) is 0. The van der Waals surface area contributed by atoms with Crippen LogP contribution in [0.4, 0.5) is 0 Å². The fourth-order valence-corrected chi connectivity index (χ4v) is 1.24. The molecule has 1 rings (SSSR count). The molecule has 0 aromatic heterocycles. The van der Waals surface area contributed by atoms with Crippen molar-refractivity contribution in [2.24, 2.45) is 0 Å². The highest BCUT2D eigenvalue weighted by atomic mass is 35.5. The Kier molecular flexibility index (Phi) is 4.24. The molecule has 0 atom stereocenters. The Labute approximate surface area is 87.8 Å². The first kappa shape index (κ1) is 10.8. The predicted molar refractivity (Wildman–Crippen MR) is 53.3 cm³/mol. The van der Waals surface area contributed by atoms with Gasteiger partial charge in [0.2, 0.25) is 0 Å². The third-order valence-corrected chi connectivity index (χ3v) is 1.91. The standard InChI is InChI=1S/C10H10ClNO2/c1-13-7-14-10-3-2-8(4-5-12)6-9(10)11/h2-3,6H,4,7H2,1H3. The average Bonchev–Trinajstić information content (AvgIpc) is 2.17. The molecule has 0 unspecified atom stereocenters. The van der Waals surface area contributed by atoms with Crippen LogP contribution in [0.3, 0.4) is 0 Å². The minimum absolute atomic E-state index is 0.164. The molecule has 0 bridgehead atoms. The van der Waals surface area contributed by atoms with E-state index < -0.39 is 0 Å². The molecule has 0 heterocycles. The van der Waals surface area contributed by atoms with Crippen LogP contribution in [0.15, 0.2) is 18.2 Å². The van der Waals surface area contributed by atoms with Crippen molar-refractivity contribution >= 4 is 11.6 Å². The molecule has 0 aliphatic heterocycles. The van der Waals surface area contributed by atoms with E-state index in [1.54, 1.807) is 18.2 Å². The maximum Gasteiger partial charge on any atom is 0.188 e. The van der Waals surface area contributed by atoms with E-state index in [9.17, 15) is 0 Å². The number of benzene rings is 1. The lowest BCUT2D eigenvalue weighted by Crippen LogP contribution is -1.99. The molecule has 14 heavy (non-hydrogen) atoms. The summed E-state index contributed by atoms with van der Waals surface area (Å²) in [6.45, 7) is 0.164. The predicted octanol–water partition coefficient (Wildman–Crippen LogP) is 2.39. The van der Waals surface area contributed by atoms with E-state index in [0.29, 0.717) is 17.2 Å². The van der Waals surface area contributed by atoms with Gasteiger partial charge in [0.1, 0.15) is 5.75 Å². The smallest absolute Gasteiger partial charge is 0.188 e. The van der Waals surface area contributed by atoms with E-state index in [1.807, 2.05) is 6.07 Å². The highest BCUT2D eigenvalue weighted by Crippen LogP contribution is 2.25.